The third kappa shape index (κ3) is 3.83. The molecule has 0 radical (unpaired) electrons. The van der Waals surface area contributed by atoms with E-state index in [1.165, 1.54) is 32.2 Å². The minimum atomic E-state index is 0.862. The summed E-state index contributed by atoms with van der Waals surface area (Å²) in [5, 5.41) is 3.44. The summed E-state index contributed by atoms with van der Waals surface area (Å²) >= 11 is 0. The maximum atomic E-state index is 5.19. The molecule has 2 unspecified atom stereocenters. The van der Waals surface area contributed by atoms with Crippen LogP contribution in [0.1, 0.15) is 39.0 Å². The molecule has 1 N–H and O–H groups in total. The van der Waals surface area contributed by atoms with Gasteiger partial charge >= 0.3 is 0 Å². The van der Waals surface area contributed by atoms with Crippen molar-refractivity contribution in [3.05, 3.63) is 0 Å². The minimum Gasteiger partial charge on any atom is -0.315 e. The van der Waals surface area contributed by atoms with Gasteiger partial charge in [0.25, 0.3) is 0 Å². The minimum absolute atomic E-state index is 0.862. The first kappa shape index (κ1) is 10.6. The second-order valence-electron chi connectivity index (χ2n) is 4.18. The zero-order valence-electron chi connectivity index (χ0n) is 8.68. The van der Waals surface area contributed by atoms with Crippen molar-refractivity contribution in [2.75, 3.05) is 13.1 Å². The molecule has 0 amide bonds. The standard InChI is InChI=1S/C12H21N/c1-3-4-9-13-10-12-8-6-5-7-11(12)2/h1,11-13H,4-10H2,2H3. The molecule has 0 aromatic rings. The van der Waals surface area contributed by atoms with E-state index in [2.05, 4.69) is 18.2 Å². The van der Waals surface area contributed by atoms with Crippen LogP contribution in [0.25, 0.3) is 0 Å². The summed E-state index contributed by atoms with van der Waals surface area (Å²) in [5.74, 6) is 4.46. The van der Waals surface area contributed by atoms with Crippen molar-refractivity contribution in [3.8, 4) is 12.3 Å². The Morgan fingerprint density at radius 2 is 2.15 bits per heavy atom. The van der Waals surface area contributed by atoms with E-state index < -0.39 is 0 Å². The molecule has 1 fully saturated rings. The molecule has 0 aromatic carbocycles. The lowest BCUT2D eigenvalue weighted by Gasteiger charge is -2.28. The number of nitrogens with one attached hydrogen (secondary N) is 1. The number of hydrogen-bond acceptors (Lipinski definition) is 1. The van der Waals surface area contributed by atoms with Gasteiger partial charge < -0.3 is 5.32 Å². The van der Waals surface area contributed by atoms with Crippen LogP contribution in [-0.2, 0) is 0 Å². The van der Waals surface area contributed by atoms with Gasteiger partial charge in [-0.1, -0.05) is 26.2 Å². The first-order chi connectivity index (χ1) is 6.34. The van der Waals surface area contributed by atoms with Gasteiger partial charge in [0.05, 0.1) is 0 Å². The van der Waals surface area contributed by atoms with Crippen LogP contribution in [0, 0.1) is 24.2 Å². The van der Waals surface area contributed by atoms with Crippen molar-refractivity contribution in [1.29, 1.82) is 0 Å². The van der Waals surface area contributed by atoms with E-state index in [9.17, 15) is 0 Å². The van der Waals surface area contributed by atoms with Crippen LogP contribution in [0.15, 0.2) is 0 Å². The molecule has 0 spiro atoms. The molecule has 1 aliphatic carbocycles. The molecular formula is C12H21N. The largest absolute Gasteiger partial charge is 0.315 e. The Bertz CT molecular complexity index is 168. The molecule has 1 nitrogen and oxygen atoms in total. The molecule has 0 aromatic heterocycles. The summed E-state index contributed by atoms with van der Waals surface area (Å²) in [7, 11) is 0. The van der Waals surface area contributed by atoms with Crippen molar-refractivity contribution in [2.24, 2.45) is 11.8 Å². The lowest BCUT2D eigenvalue weighted by atomic mass is 9.80. The third-order valence-electron chi connectivity index (χ3n) is 3.14. The predicted molar refractivity (Wildman–Crippen MR) is 57.4 cm³/mol. The Morgan fingerprint density at radius 3 is 2.85 bits per heavy atom. The molecule has 0 aliphatic heterocycles. The Balaban J connectivity index is 2.09. The number of hydrogen-bond donors (Lipinski definition) is 1. The van der Waals surface area contributed by atoms with Gasteiger partial charge in [0.15, 0.2) is 0 Å². The molecule has 0 bridgehead atoms. The second-order valence-corrected chi connectivity index (χ2v) is 4.18. The van der Waals surface area contributed by atoms with E-state index in [1.807, 2.05) is 0 Å². The highest BCUT2D eigenvalue weighted by Crippen LogP contribution is 2.28. The maximum Gasteiger partial charge on any atom is 0.0211 e. The molecule has 1 heteroatoms. The zero-order chi connectivity index (χ0) is 9.52. The molecule has 2 atom stereocenters. The van der Waals surface area contributed by atoms with Crippen LogP contribution in [0.4, 0.5) is 0 Å². The van der Waals surface area contributed by atoms with Gasteiger partial charge in [-0.3, -0.25) is 0 Å². The van der Waals surface area contributed by atoms with Gasteiger partial charge in [-0.05, 0) is 24.8 Å². The Morgan fingerprint density at radius 1 is 1.38 bits per heavy atom. The first-order valence-electron chi connectivity index (χ1n) is 5.48. The van der Waals surface area contributed by atoms with E-state index in [-0.39, 0.29) is 0 Å². The lowest BCUT2D eigenvalue weighted by Crippen LogP contribution is -2.29. The van der Waals surface area contributed by atoms with Crippen LogP contribution < -0.4 is 5.32 Å². The van der Waals surface area contributed by atoms with Crippen molar-refractivity contribution in [1.82, 2.24) is 5.32 Å². The van der Waals surface area contributed by atoms with Crippen molar-refractivity contribution in [3.63, 3.8) is 0 Å². The summed E-state index contributed by atoms with van der Waals surface area (Å²) in [6, 6.07) is 0. The first-order valence-corrected chi connectivity index (χ1v) is 5.48. The Labute approximate surface area is 82.3 Å². The third-order valence-corrected chi connectivity index (χ3v) is 3.14. The van der Waals surface area contributed by atoms with E-state index in [0.29, 0.717) is 0 Å². The second kappa shape index (κ2) is 6.05. The predicted octanol–water partition coefficient (Wildman–Crippen LogP) is 2.43. The highest BCUT2D eigenvalue weighted by atomic mass is 14.9. The molecule has 0 saturated heterocycles. The molecule has 0 heterocycles. The zero-order valence-corrected chi connectivity index (χ0v) is 8.68. The van der Waals surface area contributed by atoms with E-state index in [4.69, 9.17) is 6.42 Å². The van der Waals surface area contributed by atoms with Crippen molar-refractivity contribution < 1.29 is 0 Å². The summed E-state index contributed by atoms with van der Waals surface area (Å²) in [4.78, 5) is 0. The van der Waals surface area contributed by atoms with Gasteiger partial charge in [-0.2, -0.15) is 0 Å². The smallest absolute Gasteiger partial charge is 0.0211 e. The summed E-state index contributed by atoms with van der Waals surface area (Å²) in [6.07, 6.45) is 11.7. The van der Waals surface area contributed by atoms with E-state index >= 15 is 0 Å². The molecule has 13 heavy (non-hydrogen) atoms. The van der Waals surface area contributed by atoms with Crippen LogP contribution in [0.2, 0.25) is 0 Å². The summed E-state index contributed by atoms with van der Waals surface area (Å²) < 4.78 is 0. The molecule has 1 saturated carbocycles. The van der Waals surface area contributed by atoms with Gasteiger partial charge in [0, 0.05) is 13.0 Å². The maximum absolute atomic E-state index is 5.19. The van der Waals surface area contributed by atoms with Crippen LogP contribution >= 0.6 is 0 Å². The highest BCUT2D eigenvalue weighted by molar-refractivity contribution is 4.84. The average molecular weight is 179 g/mol. The van der Waals surface area contributed by atoms with Crippen molar-refractivity contribution in [2.45, 2.75) is 39.0 Å². The SMILES string of the molecule is C#CCCNCC1CCCCC1C. The van der Waals surface area contributed by atoms with Gasteiger partial charge in [-0.25, -0.2) is 0 Å². The molecule has 1 rings (SSSR count). The average Bonchev–Trinajstić information content (AvgIpc) is 2.15. The topological polar surface area (TPSA) is 12.0 Å². The lowest BCUT2D eigenvalue weighted by molar-refractivity contribution is 0.249. The molecule has 1 aliphatic rings. The summed E-state index contributed by atoms with van der Waals surface area (Å²) in [5.41, 5.74) is 0. The van der Waals surface area contributed by atoms with Gasteiger partial charge in [0.1, 0.15) is 0 Å². The fourth-order valence-electron chi connectivity index (χ4n) is 2.14. The fraction of sp³-hybridized carbons (Fsp3) is 0.833. The van der Waals surface area contributed by atoms with Crippen LogP contribution in [0.5, 0.6) is 0 Å². The molecule has 74 valence electrons. The molecular weight excluding hydrogens is 158 g/mol. The van der Waals surface area contributed by atoms with Gasteiger partial charge in [-0.15, -0.1) is 12.3 Å². The monoisotopic (exact) mass is 179 g/mol. The highest BCUT2D eigenvalue weighted by Gasteiger charge is 2.20. The van der Waals surface area contributed by atoms with Crippen molar-refractivity contribution >= 4 is 0 Å². The quantitative estimate of drug-likeness (QED) is 0.516. The van der Waals surface area contributed by atoms with Crippen LogP contribution in [0.3, 0.4) is 0 Å². The van der Waals surface area contributed by atoms with E-state index in [1.54, 1.807) is 0 Å². The number of terminal acetylenes is 1. The fourth-order valence-corrected chi connectivity index (χ4v) is 2.14. The van der Waals surface area contributed by atoms with Gasteiger partial charge in [0.2, 0.25) is 0 Å². The Kier molecular flexibility index (Phi) is 4.93. The summed E-state index contributed by atoms with van der Waals surface area (Å²) in [6.45, 7) is 4.54. The number of rotatable bonds is 4. The Hall–Kier alpha value is -0.480. The van der Waals surface area contributed by atoms with E-state index in [0.717, 1.165) is 24.8 Å². The van der Waals surface area contributed by atoms with Crippen LogP contribution in [-0.4, -0.2) is 13.1 Å². The normalized spacial score (nSPS) is 28.3.